The summed E-state index contributed by atoms with van der Waals surface area (Å²) in [6, 6.07) is 11.1. The maximum atomic E-state index is 6.13. The van der Waals surface area contributed by atoms with Crippen LogP contribution < -0.4 is 0 Å². The zero-order chi connectivity index (χ0) is 15.9. The van der Waals surface area contributed by atoms with Gasteiger partial charge in [-0.05, 0) is 0 Å². The normalized spacial score (nSPS) is 11.6. The van der Waals surface area contributed by atoms with Crippen molar-refractivity contribution in [3.8, 4) is 0 Å². The van der Waals surface area contributed by atoms with Gasteiger partial charge in [0.25, 0.3) is 0 Å². The number of benzene rings is 2. The van der Waals surface area contributed by atoms with E-state index in [0.717, 1.165) is 11.1 Å². The van der Waals surface area contributed by atoms with E-state index in [2.05, 4.69) is 8.25 Å². The van der Waals surface area contributed by atoms with Crippen molar-refractivity contribution in [1.29, 1.82) is 0 Å². The van der Waals surface area contributed by atoms with Gasteiger partial charge in [-0.3, -0.25) is 0 Å². The summed E-state index contributed by atoms with van der Waals surface area (Å²) in [6.45, 7) is 0. The van der Waals surface area contributed by atoms with E-state index in [4.69, 9.17) is 46.4 Å². The fraction of sp³-hybridized carbons (Fsp3) is 0. The summed E-state index contributed by atoms with van der Waals surface area (Å²) < 4.78 is 4.47. The minimum absolute atomic E-state index is 0.166. The van der Waals surface area contributed by atoms with Gasteiger partial charge in [0, 0.05) is 0 Å². The zero-order valence-electron chi connectivity index (χ0n) is 11.1. The van der Waals surface area contributed by atoms with Gasteiger partial charge in [0.1, 0.15) is 0 Å². The molecular formula is C16H10Cl4Te2. The summed E-state index contributed by atoms with van der Waals surface area (Å²) in [7, 11) is 0. The summed E-state index contributed by atoms with van der Waals surface area (Å²) >= 11 is 24.2. The van der Waals surface area contributed by atoms with Crippen LogP contribution in [0.4, 0.5) is 0 Å². The van der Waals surface area contributed by atoms with E-state index >= 15 is 0 Å². The first kappa shape index (κ1) is 19.0. The quantitative estimate of drug-likeness (QED) is 0.281. The molecule has 0 aliphatic carbocycles. The Bertz CT molecular complexity index is 609. The Kier molecular flexibility index (Phi) is 8.49. The summed E-state index contributed by atoms with van der Waals surface area (Å²) in [6.07, 6.45) is 4.07. The van der Waals surface area contributed by atoms with Gasteiger partial charge in [0.2, 0.25) is 0 Å². The standard InChI is InChI=1S/C16H10Cl4Te2/c17-13-3-1-4-14(18)11(13)7-9-21-22-10-8-12-15(19)5-2-6-16(12)20/h1-10H/b9-7-,10-8-. The molecule has 0 nitrogen and oxygen atoms in total. The average molecular weight is 599 g/mol. The molecule has 0 aliphatic heterocycles. The molecule has 0 atom stereocenters. The first-order chi connectivity index (χ1) is 10.6. The van der Waals surface area contributed by atoms with Gasteiger partial charge in [0.05, 0.1) is 0 Å². The molecule has 0 unspecified atom stereocenters. The van der Waals surface area contributed by atoms with Crippen molar-refractivity contribution in [2.45, 2.75) is 0 Å². The molecule has 0 bridgehead atoms. The van der Waals surface area contributed by atoms with Gasteiger partial charge < -0.3 is 0 Å². The second kappa shape index (κ2) is 9.83. The Hall–Kier alpha value is 0.659. The van der Waals surface area contributed by atoms with E-state index in [1.54, 1.807) is 0 Å². The van der Waals surface area contributed by atoms with Crippen LogP contribution in [0.3, 0.4) is 0 Å². The summed E-state index contributed by atoms with van der Waals surface area (Å²) in [5.41, 5.74) is 1.81. The predicted molar refractivity (Wildman–Crippen MR) is 102 cm³/mol. The topological polar surface area (TPSA) is 0 Å². The Morgan fingerprint density at radius 2 is 0.909 bits per heavy atom. The van der Waals surface area contributed by atoms with Gasteiger partial charge >= 0.3 is 169 Å². The zero-order valence-corrected chi connectivity index (χ0v) is 18.8. The number of rotatable bonds is 5. The molecule has 0 N–H and O–H groups in total. The molecule has 0 spiro atoms. The molecule has 0 aromatic heterocycles. The Morgan fingerprint density at radius 3 is 1.23 bits per heavy atom. The molecule has 2 aromatic rings. The van der Waals surface area contributed by atoms with Gasteiger partial charge in [-0.25, -0.2) is 0 Å². The van der Waals surface area contributed by atoms with Crippen molar-refractivity contribution in [3.05, 3.63) is 75.9 Å². The van der Waals surface area contributed by atoms with Crippen LogP contribution in [0, 0.1) is 0 Å². The predicted octanol–water partition coefficient (Wildman–Crippen LogP) is 6.27. The minimum atomic E-state index is -0.166. The molecule has 22 heavy (non-hydrogen) atoms. The Balaban J connectivity index is 1.92. The molecule has 0 saturated carbocycles. The van der Waals surface area contributed by atoms with Crippen LogP contribution in [0.1, 0.15) is 11.1 Å². The van der Waals surface area contributed by atoms with Crippen molar-refractivity contribution >= 4 is 92.7 Å². The molecule has 0 saturated heterocycles. The molecule has 0 fully saturated rings. The Labute approximate surface area is 166 Å². The molecule has 2 rings (SSSR count). The number of hydrogen-bond acceptors (Lipinski definition) is 0. The van der Waals surface area contributed by atoms with E-state index < -0.39 is 0 Å². The van der Waals surface area contributed by atoms with E-state index in [0.29, 0.717) is 20.1 Å². The van der Waals surface area contributed by atoms with Crippen LogP contribution in [0.25, 0.3) is 12.2 Å². The second-order valence-electron chi connectivity index (χ2n) is 4.07. The summed E-state index contributed by atoms with van der Waals surface area (Å²) in [5.74, 6) is 0. The van der Waals surface area contributed by atoms with Gasteiger partial charge in [-0.15, -0.1) is 0 Å². The molecule has 2 aromatic carbocycles. The van der Waals surface area contributed by atoms with Crippen LogP contribution in [0.15, 0.2) is 44.6 Å². The summed E-state index contributed by atoms with van der Waals surface area (Å²) in [5, 5.41) is 2.76. The fourth-order valence-corrected chi connectivity index (χ4v) is 8.69. The first-order valence-corrected chi connectivity index (χ1v) is 17.7. The van der Waals surface area contributed by atoms with E-state index in [-0.39, 0.29) is 34.1 Å². The van der Waals surface area contributed by atoms with E-state index in [1.807, 2.05) is 48.6 Å². The third-order valence-corrected chi connectivity index (χ3v) is 12.1. The Morgan fingerprint density at radius 1 is 0.591 bits per heavy atom. The second-order valence-corrected chi connectivity index (χ2v) is 15.7. The average Bonchev–Trinajstić information content (AvgIpc) is 2.47. The van der Waals surface area contributed by atoms with Gasteiger partial charge in [-0.2, -0.15) is 0 Å². The van der Waals surface area contributed by atoms with Crippen molar-refractivity contribution in [2.75, 3.05) is 0 Å². The molecule has 0 heterocycles. The van der Waals surface area contributed by atoms with E-state index in [9.17, 15) is 0 Å². The van der Waals surface area contributed by atoms with Crippen molar-refractivity contribution in [1.82, 2.24) is 0 Å². The molecular weight excluding hydrogens is 589 g/mol. The SMILES string of the molecule is Clc1cccc(Cl)c1/C=C\[Te][Te]/C=C\c1c(Cl)cccc1Cl. The monoisotopic (exact) mass is 602 g/mol. The van der Waals surface area contributed by atoms with Gasteiger partial charge in [-0.1, -0.05) is 0 Å². The van der Waals surface area contributed by atoms with Crippen LogP contribution in [-0.4, -0.2) is 34.1 Å². The van der Waals surface area contributed by atoms with Crippen molar-refractivity contribution < 1.29 is 0 Å². The van der Waals surface area contributed by atoms with Crippen LogP contribution in [-0.2, 0) is 0 Å². The fourth-order valence-electron chi connectivity index (χ4n) is 1.60. The number of halogens is 4. The van der Waals surface area contributed by atoms with Crippen LogP contribution in [0.5, 0.6) is 0 Å². The molecule has 6 heteroatoms. The van der Waals surface area contributed by atoms with Crippen LogP contribution >= 0.6 is 46.4 Å². The third kappa shape index (κ3) is 5.63. The van der Waals surface area contributed by atoms with Gasteiger partial charge in [0.15, 0.2) is 0 Å². The molecule has 0 radical (unpaired) electrons. The van der Waals surface area contributed by atoms with Crippen molar-refractivity contribution in [3.63, 3.8) is 0 Å². The maximum absolute atomic E-state index is 6.13. The van der Waals surface area contributed by atoms with Crippen LogP contribution in [0.2, 0.25) is 20.1 Å². The third-order valence-electron chi connectivity index (χ3n) is 2.64. The summed E-state index contributed by atoms with van der Waals surface area (Å²) in [4.78, 5) is 0. The van der Waals surface area contributed by atoms with Crippen molar-refractivity contribution in [2.24, 2.45) is 0 Å². The first-order valence-electron chi connectivity index (χ1n) is 6.13. The molecule has 0 aliphatic rings. The van der Waals surface area contributed by atoms with E-state index in [1.165, 1.54) is 0 Å². The number of hydrogen-bond donors (Lipinski definition) is 0. The molecule has 0 amide bonds. The molecule has 114 valence electrons.